The third-order valence-corrected chi connectivity index (χ3v) is 1.61. The number of rotatable bonds is 2. The molecule has 4 nitrogen and oxygen atoms in total. The number of nitrogens with one attached hydrogen (secondary N) is 2. The second-order valence-corrected chi connectivity index (χ2v) is 2.78. The Morgan fingerprint density at radius 3 is 2.50 bits per heavy atom. The van der Waals surface area contributed by atoms with Crippen molar-refractivity contribution in [2.45, 2.75) is 6.30 Å². The van der Waals surface area contributed by atoms with E-state index in [1.54, 1.807) is 12.1 Å². The number of amides is 2. The van der Waals surface area contributed by atoms with Gasteiger partial charge in [0.2, 0.25) is 0 Å². The fraction of sp³-hybridized carbons (Fsp3) is 0.222. The molecule has 7 heteroatoms. The summed E-state index contributed by atoms with van der Waals surface area (Å²) in [5, 5.41) is 2.84. The lowest BCUT2D eigenvalue weighted by Gasteiger charge is -2.12. The monoisotopic (exact) mass is 234 g/mol. The molecule has 0 heterocycles. The van der Waals surface area contributed by atoms with Crippen LogP contribution in [0.3, 0.4) is 0 Å². The first-order valence-corrected chi connectivity index (χ1v) is 4.21. The van der Waals surface area contributed by atoms with Crippen molar-refractivity contribution in [3.8, 4) is 5.75 Å². The maximum atomic E-state index is 11.8. The average Bonchev–Trinajstić information content (AvgIpc) is 2.15. The minimum atomic E-state index is -4.76. The molecule has 0 aliphatic rings. The summed E-state index contributed by atoms with van der Waals surface area (Å²) >= 11 is 0. The number of ether oxygens (including phenoxy) is 1. The van der Waals surface area contributed by atoms with Gasteiger partial charge in [-0.15, -0.1) is 0 Å². The quantitative estimate of drug-likeness (QED) is 0.771. The van der Waals surface area contributed by atoms with E-state index in [0.29, 0.717) is 0 Å². The highest BCUT2D eigenvalue weighted by atomic mass is 19.4. The van der Waals surface area contributed by atoms with Crippen LogP contribution in [0.4, 0.5) is 23.7 Å². The Morgan fingerprint density at radius 1 is 1.31 bits per heavy atom. The summed E-state index contributed by atoms with van der Waals surface area (Å²) in [6.45, 7) is 0. The molecule has 1 aromatic carbocycles. The molecule has 0 bridgehead atoms. The number of benzene rings is 1. The van der Waals surface area contributed by atoms with Crippen LogP contribution in [0.15, 0.2) is 24.3 Å². The molecular formula is C9H9F3N2O2. The number of carbonyl (C=O) groups excluding carboxylic acids is 1. The smallest absolute Gasteiger partial charge is 0.485 e. The summed E-state index contributed by atoms with van der Waals surface area (Å²) in [6, 6.07) is 4.77. The van der Waals surface area contributed by atoms with Crippen LogP contribution in [0.5, 0.6) is 5.75 Å². The number of carbonyl (C=O) groups is 1. The van der Waals surface area contributed by atoms with Crippen molar-refractivity contribution in [3.63, 3.8) is 0 Å². The highest BCUT2D eigenvalue weighted by Gasteiger charge is 2.30. The number of hydrogen-bond acceptors (Lipinski definition) is 2. The number of anilines is 1. The van der Waals surface area contributed by atoms with Crippen molar-refractivity contribution >= 4 is 11.7 Å². The topological polar surface area (TPSA) is 50.4 Å². The molecule has 1 rings (SSSR count). The Kier molecular flexibility index (Phi) is 3.60. The fourth-order valence-corrected chi connectivity index (χ4v) is 1.03. The van der Waals surface area contributed by atoms with Gasteiger partial charge in [0, 0.05) is 0 Å². The number of halogens is 3. The van der Waals surface area contributed by atoms with E-state index in [9.17, 15) is 18.0 Å². The summed E-state index contributed by atoms with van der Waals surface area (Å²) in [4.78, 5) is 10.9. The Balaban J connectivity index is 2.70. The number of alkyl halides is 3. The van der Waals surface area contributed by atoms with E-state index >= 15 is 0 Å². The van der Waals surface area contributed by atoms with Crippen LogP contribution in [0.2, 0.25) is 0 Å². The van der Waals surface area contributed by atoms with Crippen LogP contribution in [-0.4, -0.2) is 19.4 Å². The molecule has 0 radical (unpaired) electrons. The number of para-hydroxylation sites is 2. The predicted octanol–water partition coefficient (Wildman–Crippen LogP) is 2.34. The normalized spacial score (nSPS) is 10.8. The molecule has 2 amide bonds. The summed E-state index contributed by atoms with van der Waals surface area (Å²) in [6.07, 6.45) is -4.76. The Hall–Kier alpha value is -1.92. The summed E-state index contributed by atoms with van der Waals surface area (Å²) in [5.41, 5.74) is 0.159. The van der Waals surface area contributed by atoms with Crippen LogP contribution in [0.1, 0.15) is 0 Å². The van der Waals surface area contributed by atoms with Crippen LogP contribution in [0.25, 0.3) is 0 Å². The van der Waals surface area contributed by atoms with Crippen molar-refractivity contribution in [3.05, 3.63) is 24.3 Å². The Morgan fingerprint density at radius 2 is 1.94 bits per heavy atom. The van der Waals surface area contributed by atoms with Gasteiger partial charge in [0.25, 0.3) is 0 Å². The van der Waals surface area contributed by atoms with E-state index in [4.69, 9.17) is 4.74 Å². The van der Waals surface area contributed by atoms with E-state index in [-0.39, 0.29) is 11.4 Å². The van der Waals surface area contributed by atoms with Crippen molar-refractivity contribution < 1.29 is 22.7 Å². The minimum absolute atomic E-state index is 0.159. The van der Waals surface area contributed by atoms with Gasteiger partial charge in [0.15, 0.2) is 0 Å². The van der Waals surface area contributed by atoms with Crippen LogP contribution < -0.4 is 15.4 Å². The van der Waals surface area contributed by atoms with E-state index in [1.165, 1.54) is 19.2 Å². The van der Waals surface area contributed by atoms with Crippen molar-refractivity contribution in [2.24, 2.45) is 0 Å². The first-order chi connectivity index (χ1) is 7.42. The lowest BCUT2D eigenvalue weighted by Crippen LogP contribution is -2.40. The SMILES string of the molecule is COc1ccccc1NC(=O)NC(F)(F)F. The lowest BCUT2D eigenvalue weighted by atomic mass is 10.3. The summed E-state index contributed by atoms with van der Waals surface area (Å²) in [5.74, 6) is 0.278. The molecule has 88 valence electrons. The molecule has 0 aromatic heterocycles. The van der Waals surface area contributed by atoms with Gasteiger partial charge < -0.3 is 10.1 Å². The molecule has 0 spiro atoms. The molecule has 0 unspecified atom stereocenters. The number of methoxy groups -OCH3 is 1. The second kappa shape index (κ2) is 4.73. The molecular weight excluding hydrogens is 225 g/mol. The molecule has 2 N–H and O–H groups in total. The highest BCUT2D eigenvalue weighted by molar-refractivity contribution is 5.91. The zero-order valence-corrected chi connectivity index (χ0v) is 8.26. The van der Waals surface area contributed by atoms with Gasteiger partial charge in [0.1, 0.15) is 5.75 Å². The number of urea groups is 1. The van der Waals surface area contributed by atoms with E-state index in [2.05, 4.69) is 0 Å². The molecule has 16 heavy (non-hydrogen) atoms. The minimum Gasteiger partial charge on any atom is -0.495 e. The Labute approximate surface area is 89.4 Å². The van der Waals surface area contributed by atoms with Crippen LogP contribution in [-0.2, 0) is 0 Å². The lowest BCUT2D eigenvalue weighted by molar-refractivity contribution is -0.144. The van der Waals surface area contributed by atoms with Crippen LogP contribution in [0, 0.1) is 0 Å². The van der Waals surface area contributed by atoms with Gasteiger partial charge in [0.05, 0.1) is 12.8 Å². The van der Waals surface area contributed by atoms with Gasteiger partial charge in [-0.1, -0.05) is 12.1 Å². The average molecular weight is 234 g/mol. The van der Waals surface area contributed by atoms with E-state index in [0.717, 1.165) is 5.32 Å². The molecule has 0 saturated heterocycles. The molecule has 0 aliphatic heterocycles. The molecule has 1 aromatic rings. The maximum absolute atomic E-state index is 11.8. The van der Waals surface area contributed by atoms with E-state index < -0.39 is 12.3 Å². The summed E-state index contributed by atoms with van der Waals surface area (Å²) < 4.78 is 40.2. The fourth-order valence-electron chi connectivity index (χ4n) is 1.03. The molecule has 0 atom stereocenters. The standard InChI is InChI=1S/C9H9F3N2O2/c1-16-7-5-3-2-4-6(7)13-8(15)14-9(10,11)12/h2-5H,1H3,(H2,13,14,15). The second-order valence-electron chi connectivity index (χ2n) is 2.78. The third kappa shape index (κ3) is 3.68. The molecule has 0 saturated carbocycles. The third-order valence-electron chi connectivity index (χ3n) is 1.61. The maximum Gasteiger partial charge on any atom is 0.485 e. The summed E-state index contributed by atoms with van der Waals surface area (Å²) in [7, 11) is 1.35. The van der Waals surface area contributed by atoms with Crippen molar-refractivity contribution in [1.82, 2.24) is 5.32 Å². The number of hydrogen-bond donors (Lipinski definition) is 2. The van der Waals surface area contributed by atoms with Gasteiger partial charge in [-0.2, -0.15) is 13.2 Å². The van der Waals surface area contributed by atoms with Crippen LogP contribution >= 0.6 is 0 Å². The largest absolute Gasteiger partial charge is 0.495 e. The molecule has 0 aliphatic carbocycles. The van der Waals surface area contributed by atoms with Crippen molar-refractivity contribution in [1.29, 1.82) is 0 Å². The molecule has 0 fully saturated rings. The van der Waals surface area contributed by atoms with Gasteiger partial charge >= 0.3 is 12.3 Å². The van der Waals surface area contributed by atoms with Gasteiger partial charge in [-0.3, -0.25) is 0 Å². The van der Waals surface area contributed by atoms with Gasteiger partial charge in [-0.25, -0.2) is 10.1 Å². The van der Waals surface area contributed by atoms with Crippen molar-refractivity contribution in [2.75, 3.05) is 12.4 Å². The zero-order chi connectivity index (χ0) is 12.2. The van der Waals surface area contributed by atoms with E-state index in [1.807, 2.05) is 5.32 Å². The van der Waals surface area contributed by atoms with Gasteiger partial charge in [-0.05, 0) is 12.1 Å². The highest BCUT2D eigenvalue weighted by Crippen LogP contribution is 2.23. The zero-order valence-electron chi connectivity index (χ0n) is 8.26. The first kappa shape index (κ1) is 12.2. The first-order valence-electron chi connectivity index (χ1n) is 4.21. The Bertz CT molecular complexity index is 379. The predicted molar refractivity (Wildman–Crippen MR) is 51.2 cm³/mol.